The van der Waals surface area contributed by atoms with Gasteiger partial charge in [0.15, 0.2) is 11.6 Å². The van der Waals surface area contributed by atoms with Crippen LogP contribution in [-0.4, -0.2) is 21.4 Å². The van der Waals surface area contributed by atoms with E-state index >= 15 is 0 Å². The van der Waals surface area contributed by atoms with Crippen molar-refractivity contribution in [1.82, 2.24) is 15.1 Å². The number of halogens is 1. The topological polar surface area (TPSA) is 68.2 Å². The van der Waals surface area contributed by atoms with Gasteiger partial charge in [0.2, 0.25) is 0 Å². The molecule has 2 N–H and O–H groups in total. The zero-order valence-electron chi connectivity index (χ0n) is 15.4. The van der Waals surface area contributed by atoms with E-state index < -0.39 is 11.4 Å². The van der Waals surface area contributed by atoms with E-state index in [0.717, 1.165) is 10.9 Å². The molecule has 0 fully saturated rings. The monoisotopic (exact) mass is 368 g/mol. The quantitative estimate of drug-likeness (QED) is 0.714. The first-order valence-corrected chi connectivity index (χ1v) is 8.80. The predicted molar refractivity (Wildman–Crippen MR) is 101 cm³/mol. The van der Waals surface area contributed by atoms with Crippen molar-refractivity contribution >= 4 is 22.6 Å². The molecule has 2 amide bonds. The third-order valence-corrected chi connectivity index (χ3v) is 4.79. The fourth-order valence-corrected chi connectivity index (χ4v) is 3.56. The molecule has 0 spiro atoms. The molecule has 140 valence electrons. The highest BCUT2D eigenvalue weighted by Gasteiger charge is 2.36. The van der Waals surface area contributed by atoms with Crippen LogP contribution < -0.4 is 15.4 Å². The fraction of sp³-hybridized carbons (Fsp3) is 0.300. The van der Waals surface area contributed by atoms with Crippen LogP contribution in [0.5, 0.6) is 5.75 Å². The number of hydrogen-bond donors (Lipinski definition) is 2. The Morgan fingerprint density at radius 1 is 1.30 bits per heavy atom. The van der Waals surface area contributed by atoms with Gasteiger partial charge < -0.3 is 15.4 Å². The Morgan fingerprint density at radius 2 is 2.07 bits per heavy atom. The second kappa shape index (κ2) is 6.26. The van der Waals surface area contributed by atoms with Gasteiger partial charge in [0.25, 0.3) is 0 Å². The first kappa shape index (κ1) is 17.3. The van der Waals surface area contributed by atoms with E-state index in [4.69, 9.17) is 4.74 Å². The van der Waals surface area contributed by atoms with Gasteiger partial charge in [0.05, 0.1) is 23.4 Å². The summed E-state index contributed by atoms with van der Waals surface area (Å²) in [5, 5.41) is 10.9. The van der Waals surface area contributed by atoms with E-state index in [1.807, 2.05) is 39.1 Å². The predicted octanol–water partition coefficient (Wildman–Crippen LogP) is 4.14. The number of aromatic nitrogens is 2. The van der Waals surface area contributed by atoms with Gasteiger partial charge in [-0.05, 0) is 32.0 Å². The Kier molecular flexibility index (Phi) is 4.02. The van der Waals surface area contributed by atoms with E-state index in [-0.39, 0.29) is 17.8 Å². The largest absolute Gasteiger partial charge is 0.484 e. The molecule has 0 saturated heterocycles. The Bertz CT molecular complexity index is 1030. The van der Waals surface area contributed by atoms with Crippen molar-refractivity contribution in [3.05, 3.63) is 54.0 Å². The van der Waals surface area contributed by atoms with Crippen LogP contribution >= 0.6 is 0 Å². The van der Waals surface area contributed by atoms with Crippen LogP contribution in [0.4, 0.5) is 14.9 Å². The number of nitrogens with zero attached hydrogens (tertiary/aromatic N) is 2. The van der Waals surface area contributed by atoms with E-state index in [9.17, 15) is 9.18 Å². The van der Waals surface area contributed by atoms with E-state index in [0.29, 0.717) is 17.7 Å². The Balaban J connectivity index is 1.59. The lowest BCUT2D eigenvalue weighted by atomic mass is 9.89. The Labute approximate surface area is 156 Å². The van der Waals surface area contributed by atoms with Gasteiger partial charge in [-0.25, -0.2) is 9.18 Å². The molecule has 2 aromatic carbocycles. The van der Waals surface area contributed by atoms with Crippen molar-refractivity contribution in [3.8, 4) is 5.75 Å². The lowest BCUT2D eigenvalue weighted by Gasteiger charge is -2.37. The second-order valence-corrected chi connectivity index (χ2v) is 7.38. The number of carbonyl (C=O) groups excluding carboxylic acids is 1. The average molecular weight is 368 g/mol. The van der Waals surface area contributed by atoms with Crippen LogP contribution in [0.25, 0.3) is 10.9 Å². The van der Waals surface area contributed by atoms with Gasteiger partial charge in [-0.3, -0.25) is 4.68 Å². The number of hydrogen-bond acceptors (Lipinski definition) is 3. The maximum absolute atomic E-state index is 14.2. The summed E-state index contributed by atoms with van der Waals surface area (Å²) >= 11 is 0. The van der Waals surface area contributed by atoms with Crippen molar-refractivity contribution in [2.24, 2.45) is 7.05 Å². The smallest absolute Gasteiger partial charge is 0.319 e. The minimum absolute atomic E-state index is 0.202. The summed E-state index contributed by atoms with van der Waals surface area (Å²) < 4.78 is 21.7. The molecule has 0 unspecified atom stereocenters. The summed E-state index contributed by atoms with van der Waals surface area (Å²) in [4.78, 5) is 12.7. The van der Waals surface area contributed by atoms with Crippen LogP contribution in [0, 0.1) is 5.82 Å². The first-order valence-electron chi connectivity index (χ1n) is 8.80. The normalized spacial score (nSPS) is 17.9. The lowest BCUT2D eigenvalue weighted by Crippen LogP contribution is -2.42. The number of rotatable bonds is 2. The van der Waals surface area contributed by atoms with Crippen LogP contribution in [0.15, 0.2) is 42.6 Å². The molecule has 1 aliphatic heterocycles. The maximum Gasteiger partial charge on any atom is 0.319 e. The molecule has 1 aromatic heterocycles. The van der Waals surface area contributed by atoms with Gasteiger partial charge in [-0.1, -0.05) is 18.2 Å². The number of benzene rings is 2. The van der Waals surface area contributed by atoms with Gasteiger partial charge in [0, 0.05) is 24.4 Å². The third-order valence-electron chi connectivity index (χ3n) is 4.79. The molecule has 2 heterocycles. The summed E-state index contributed by atoms with van der Waals surface area (Å²) in [5.41, 5.74) is 1.65. The summed E-state index contributed by atoms with van der Waals surface area (Å²) in [6.07, 6.45) is 2.25. The molecule has 3 aromatic rings. The molecular formula is C20H21FN4O2. The minimum Gasteiger partial charge on any atom is -0.484 e. The molecule has 1 atom stereocenters. The second-order valence-electron chi connectivity index (χ2n) is 7.38. The molecule has 0 saturated carbocycles. The first-order chi connectivity index (χ1) is 12.8. The molecule has 0 radical (unpaired) electrons. The number of amides is 2. The van der Waals surface area contributed by atoms with E-state index in [1.54, 1.807) is 23.0 Å². The molecule has 0 bridgehead atoms. The highest BCUT2D eigenvalue weighted by molar-refractivity contribution is 6.00. The number of ether oxygens (including phenoxy) is 1. The Hall–Kier alpha value is -3.09. The van der Waals surface area contributed by atoms with Crippen LogP contribution in [0.1, 0.15) is 31.9 Å². The SMILES string of the molecule is Cn1ncc2c(NC(=O)N[C@@H]3CC(C)(C)Oc4c(F)cccc43)cccc21. The summed E-state index contributed by atoms with van der Waals surface area (Å²) in [5.74, 6) is -0.221. The van der Waals surface area contributed by atoms with Gasteiger partial charge in [0.1, 0.15) is 5.60 Å². The van der Waals surface area contributed by atoms with Crippen molar-refractivity contribution in [1.29, 1.82) is 0 Å². The van der Waals surface area contributed by atoms with Crippen LogP contribution in [0.2, 0.25) is 0 Å². The fourth-order valence-electron chi connectivity index (χ4n) is 3.56. The zero-order chi connectivity index (χ0) is 19.2. The summed E-state index contributed by atoms with van der Waals surface area (Å²) in [6, 6.07) is 9.68. The highest BCUT2D eigenvalue weighted by atomic mass is 19.1. The minimum atomic E-state index is -0.587. The van der Waals surface area contributed by atoms with Crippen LogP contribution in [0.3, 0.4) is 0 Å². The van der Waals surface area contributed by atoms with Crippen molar-refractivity contribution in [3.63, 3.8) is 0 Å². The van der Waals surface area contributed by atoms with Crippen molar-refractivity contribution in [2.75, 3.05) is 5.32 Å². The molecule has 27 heavy (non-hydrogen) atoms. The van der Waals surface area contributed by atoms with Gasteiger partial charge in [-0.15, -0.1) is 0 Å². The van der Waals surface area contributed by atoms with Crippen molar-refractivity contribution < 1.29 is 13.9 Å². The van der Waals surface area contributed by atoms with Gasteiger partial charge in [-0.2, -0.15) is 5.10 Å². The number of fused-ring (bicyclic) bond motifs is 2. The number of para-hydroxylation sites is 1. The number of nitrogens with one attached hydrogen (secondary N) is 2. The maximum atomic E-state index is 14.2. The Morgan fingerprint density at radius 3 is 2.89 bits per heavy atom. The molecule has 4 rings (SSSR count). The number of anilines is 1. The highest BCUT2D eigenvalue weighted by Crippen LogP contribution is 2.40. The molecule has 6 nitrogen and oxygen atoms in total. The summed E-state index contributed by atoms with van der Waals surface area (Å²) in [6.45, 7) is 3.76. The van der Waals surface area contributed by atoms with Crippen LogP contribution in [-0.2, 0) is 7.05 Å². The third kappa shape index (κ3) is 3.20. The molecule has 1 aliphatic rings. The number of urea groups is 1. The molecule has 7 heteroatoms. The summed E-state index contributed by atoms with van der Waals surface area (Å²) in [7, 11) is 1.85. The number of aryl methyl sites for hydroxylation is 1. The molecular weight excluding hydrogens is 347 g/mol. The van der Waals surface area contributed by atoms with E-state index in [1.165, 1.54) is 6.07 Å². The lowest BCUT2D eigenvalue weighted by molar-refractivity contribution is 0.0630. The standard InChI is InChI=1S/C20H21FN4O2/c1-20(2)10-16(12-6-4-7-14(21)18(12)27-20)24-19(26)23-15-8-5-9-17-13(15)11-22-25(17)3/h4-9,11,16H,10H2,1-3H3,(H2,23,24,26)/t16-/m1/s1. The van der Waals surface area contributed by atoms with E-state index in [2.05, 4.69) is 15.7 Å². The number of carbonyl (C=O) groups is 1. The van der Waals surface area contributed by atoms with Gasteiger partial charge >= 0.3 is 6.03 Å². The average Bonchev–Trinajstić information content (AvgIpc) is 2.98. The molecule has 0 aliphatic carbocycles. The zero-order valence-corrected chi connectivity index (χ0v) is 15.4. The van der Waals surface area contributed by atoms with Crippen molar-refractivity contribution in [2.45, 2.75) is 31.9 Å².